The van der Waals surface area contributed by atoms with Crippen molar-refractivity contribution in [1.82, 2.24) is 0 Å². The van der Waals surface area contributed by atoms with E-state index >= 15 is 0 Å². The van der Waals surface area contributed by atoms with Crippen LogP contribution in [0.25, 0.3) is 0 Å². The van der Waals surface area contributed by atoms with Crippen LogP contribution in [0.3, 0.4) is 0 Å². The molecule has 0 saturated carbocycles. The first kappa shape index (κ1) is 11.8. The Kier molecular flexibility index (Phi) is 4.38. The predicted molar refractivity (Wildman–Crippen MR) is 62.6 cm³/mol. The van der Waals surface area contributed by atoms with Gasteiger partial charge in [0.05, 0.1) is 16.9 Å². The lowest BCUT2D eigenvalue weighted by Gasteiger charge is -2.06. The first-order valence-electron chi connectivity index (χ1n) is 4.74. The highest BCUT2D eigenvalue weighted by molar-refractivity contribution is 7.99. The summed E-state index contributed by atoms with van der Waals surface area (Å²) in [6.45, 7) is 3.52. The highest BCUT2D eigenvalue weighted by Gasteiger charge is 2.07. The van der Waals surface area contributed by atoms with Crippen LogP contribution in [0, 0.1) is 11.3 Å². The quantitative estimate of drug-likeness (QED) is 0.781. The summed E-state index contributed by atoms with van der Waals surface area (Å²) in [6, 6.07) is 9.53. The summed E-state index contributed by atoms with van der Waals surface area (Å²) in [5.74, 6) is 1.01. The molecule has 1 aromatic rings. The topological polar surface area (TPSA) is 40.9 Å². The fraction of sp³-hybridized carbons (Fsp3) is 0.333. The van der Waals surface area contributed by atoms with Gasteiger partial charge in [-0.05, 0) is 31.5 Å². The van der Waals surface area contributed by atoms with E-state index < -0.39 is 0 Å². The van der Waals surface area contributed by atoms with Crippen LogP contribution in [0.1, 0.15) is 25.0 Å². The fourth-order valence-corrected chi connectivity index (χ4v) is 1.88. The molecule has 0 aliphatic heterocycles. The van der Waals surface area contributed by atoms with Crippen LogP contribution in [0.5, 0.6) is 0 Å². The average molecular weight is 219 g/mol. The number of nitriles is 1. The Labute approximate surface area is 94.3 Å². The third-order valence-corrected chi connectivity index (χ3v) is 3.49. The molecule has 0 amide bonds. The van der Waals surface area contributed by atoms with E-state index in [9.17, 15) is 4.79 Å². The molecule has 78 valence electrons. The molecular formula is C12H13NOS. The number of benzene rings is 1. The Hall–Kier alpha value is -1.27. The van der Waals surface area contributed by atoms with Gasteiger partial charge in [-0.25, -0.2) is 0 Å². The molecule has 0 radical (unpaired) electrons. The molecule has 0 aliphatic carbocycles. The van der Waals surface area contributed by atoms with Gasteiger partial charge < -0.3 is 0 Å². The summed E-state index contributed by atoms with van der Waals surface area (Å²) in [5.41, 5.74) is 1.82. The van der Waals surface area contributed by atoms with Gasteiger partial charge in [-0.2, -0.15) is 5.26 Å². The van der Waals surface area contributed by atoms with Crippen LogP contribution in [-0.4, -0.2) is 11.0 Å². The molecular weight excluding hydrogens is 206 g/mol. The zero-order valence-electron chi connectivity index (χ0n) is 8.86. The van der Waals surface area contributed by atoms with Crippen LogP contribution in [0.4, 0.5) is 0 Å². The Morgan fingerprint density at radius 1 is 1.47 bits per heavy atom. The molecule has 0 fully saturated rings. The zero-order valence-corrected chi connectivity index (χ0v) is 9.67. The molecule has 1 unspecified atom stereocenters. The van der Waals surface area contributed by atoms with Crippen molar-refractivity contribution in [1.29, 1.82) is 5.26 Å². The zero-order chi connectivity index (χ0) is 11.3. The van der Waals surface area contributed by atoms with E-state index in [0.29, 0.717) is 5.56 Å². The van der Waals surface area contributed by atoms with Crippen LogP contribution in [0.15, 0.2) is 24.3 Å². The molecule has 0 aromatic heterocycles. The van der Waals surface area contributed by atoms with E-state index in [-0.39, 0.29) is 11.0 Å². The van der Waals surface area contributed by atoms with Gasteiger partial charge in [0, 0.05) is 5.75 Å². The number of hydrogen-bond donors (Lipinski definition) is 0. The van der Waals surface area contributed by atoms with Gasteiger partial charge in [0.1, 0.15) is 5.78 Å². The van der Waals surface area contributed by atoms with E-state index in [1.165, 1.54) is 0 Å². The van der Waals surface area contributed by atoms with E-state index in [2.05, 4.69) is 6.07 Å². The molecule has 0 saturated heterocycles. The number of thioether (sulfide) groups is 1. The average Bonchev–Trinajstić information content (AvgIpc) is 2.26. The number of ketones is 1. The highest BCUT2D eigenvalue weighted by atomic mass is 32.2. The fourth-order valence-electron chi connectivity index (χ4n) is 1.01. The van der Waals surface area contributed by atoms with E-state index in [4.69, 9.17) is 5.26 Å². The van der Waals surface area contributed by atoms with Gasteiger partial charge in [-0.15, -0.1) is 11.8 Å². The minimum Gasteiger partial charge on any atom is -0.299 e. The van der Waals surface area contributed by atoms with Crippen LogP contribution in [0.2, 0.25) is 0 Å². The van der Waals surface area contributed by atoms with Crippen molar-refractivity contribution in [2.45, 2.75) is 24.9 Å². The number of rotatable bonds is 4. The Morgan fingerprint density at radius 2 is 2.07 bits per heavy atom. The number of hydrogen-bond acceptors (Lipinski definition) is 3. The number of carbonyl (C=O) groups is 1. The predicted octanol–water partition coefficient (Wildman–Crippen LogP) is 2.77. The monoisotopic (exact) mass is 219 g/mol. The highest BCUT2D eigenvalue weighted by Crippen LogP contribution is 2.18. The number of carbonyl (C=O) groups excluding carboxylic acids is 1. The van der Waals surface area contributed by atoms with Crippen LogP contribution >= 0.6 is 11.8 Å². The SMILES string of the molecule is CC(=O)C(C)SCc1ccc(C#N)cc1. The minimum atomic E-state index is 0.0423. The molecule has 0 aliphatic rings. The molecule has 1 aromatic carbocycles. The first-order chi connectivity index (χ1) is 7.13. The van der Waals surface area contributed by atoms with Crippen LogP contribution < -0.4 is 0 Å². The summed E-state index contributed by atoms with van der Waals surface area (Å²) in [5, 5.41) is 8.66. The Bertz CT molecular complexity index is 378. The van der Waals surface area contributed by atoms with Crippen LogP contribution in [-0.2, 0) is 10.5 Å². The summed E-state index contributed by atoms with van der Waals surface area (Å²) in [4.78, 5) is 11.0. The second kappa shape index (κ2) is 5.57. The Morgan fingerprint density at radius 3 is 2.53 bits per heavy atom. The maximum atomic E-state index is 11.0. The number of Topliss-reactive ketones (excluding diaryl/α,β-unsaturated/α-hetero) is 1. The molecule has 0 N–H and O–H groups in total. The second-order valence-corrected chi connectivity index (χ2v) is 4.70. The molecule has 1 atom stereocenters. The van der Waals surface area contributed by atoms with Crippen molar-refractivity contribution < 1.29 is 4.79 Å². The van der Waals surface area contributed by atoms with Gasteiger partial charge in [-0.1, -0.05) is 12.1 Å². The lowest BCUT2D eigenvalue weighted by molar-refractivity contribution is -0.116. The smallest absolute Gasteiger partial charge is 0.142 e. The van der Waals surface area contributed by atoms with Crippen molar-refractivity contribution in [2.24, 2.45) is 0 Å². The summed E-state index contributed by atoms with van der Waals surface area (Å²) in [7, 11) is 0. The molecule has 0 spiro atoms. The first-order valence-corrected chi connectivity index (χ1v) is 5.79. The molecule has 1 rings (SSSR count). The Balaban J connectivity index is 2.52. The lowest BCUT2D eigenvalue weighted by atomic mass is 10.2. The van der Waals surface area contributed by atoms with E-state index in [0.717, 1.165) is 11.3 Å². The normalized spacial score (nSPS) is 11.8. The maximum absolute atomic E-state index is 11.0. The van der Waals surface area contributed by atoms with Gasteiger partial charge in [-0.3, -0.25) is 4.79 Å². The minimum absolute atomic E-state index is 0.0423. The van der Waals surface area contributed by atoms with Crippen molar-refractivity contribution in [2.75, 3.05) is 0 Å². The lowest BCUT2D eigenvalue weighted by Crippen LogP contribution is -2.08. The van der Waals surface area contributed by atoms with Crippen molar-refractivity contribution >= 4 is 17.5 Å². The summed E-state index contributed by atoms with van der Waals surface area (Å²) >= 11 is 1.62. The van der Waals surface area contributed by atoms with Crippen molar-refractivity contribution in [3.63, 3.8) is 0 Å². The van der Waals surface area contributed by atoms with Crippen molar-refractivity contribution in [3.8, 4) is 6.07 Å². The van der Waals surface area contributed by atoms with Gasteiger partial charge in [0.15, 0.2) is 0 Å². The standard InChI is InChI=1S/C12H13NOS/c1-9(14)10(2)15-8-12-5-3-11(7-13)4-6-12/h3-6,10H,8H2,1-2H3. The van der Waals surface area contributed by atoms with Gasteiger partial charge in [0.2, 0.25) is 0 Å². The van der Waals surface area contributed by atoms with E-state index in [1.807, 2.05) is 19.1 Å². The largest absolute Gasteiger partial charge is 0.299 e. The summed E-state index contributed by atoms with van der Waals surface area (Å²) < 4.78 is 0. The van der Waals surface area contributed by atoms with Gasteiger partial charge >= 0.3 is 0 Å². The van der Waals surface area contributed by atoms with E-state index in [1.54, 1.807) is 30.8 Å². The summed E-state index contributed by atoms with van der Waals surface area (Å²) in [6.07, 6.45) is 0. The van der Waals surface area contributed by atoms with Gasteiger partial charge in [0.25, 0.3) is 0 Å². The molecule has 15 heavy (non-hydrogen) atoms. The molecule has 3 heteroatoms. The number of nitrogens with zero attached hydrogens (tertiary/aromatic N) is 1. The second-order valence-electron chi connectivity index (χ2n) is 3.37. The molecule has 0 bridgehead atoms. The third-order valence-electron chi connectivity index (χ3n) is 2.16. The third kappa shape index (κ3) is 3.77. The maximum Gasteiger partial charge on any atom is 0.142 e. The van der Waals surface area contributed by atoms with Crippen molar-refractivity contribution in [3.05, 3.63) is 35.4 Å². The molecule has 0 heterocycles. The molecule has 2 nitrogen and oxygen atoms in total.